The van der Waals surface area contributed by atoms with E-state index in [0.717, 1.165) is 25.9 Å². The number of nitrogens with zero attached hydrogens (tertiary/aromatic N) is 2. The molecule has 1 aromatic rings. The standard InChI is InChI=1S/C13H16N2/c1-11-5-3-4-6-13(11)15-9-7-12(14-2)8-10-15/h3-6,12H,7-10H2,1H3. The van der Waals surface area contributed by atoms with Crippen molar-refractivity contribution < 1.29 is 0 Å². The molecule has 0 saturated carbocycles. The van der Waals surface area contributed by atoms with Crippen LogP contribution in [0.2, 0.25) is 0 Å². The van der Waals surface area contributed by atoms with Crippen LogP contribution in [0.15, 0.2) is 24.3 Å². The van der Waals surface area contributed by atoms with Crippen molar-refractivity contribution in [2.24, 2.45) is 0 Å². The Morgan fingerprint density at radius 1 is 1.27 bits per heavy atom. The summed E-state index contributed by atoms with van der Waals surface area (Å²) in [5.41, 5.74) is 2.67. The largest absolute Gasteiger partial charge is 0.371 e. The first-order valence-corrected chi connectivity index (χ1v) is 5.48. The molecule has 0 bridgehead atoms. The molecular weight excluding hydrogens is 184 g/mol. The highest BCUT2D eigenvalue weighted by atomic mass is 15.1. The van der Waals surface area contributed by atoms with Crippen LogP contribution in [-0.2, 0) is 0 Å². The van der Waals surface area contributed by atoms with Crippen LogP contribution < -0.4 is 4.90 Å². The maximum absolute atomic E-state index is 7.02. The molecule has 78 valence electrons. The molecule has 1 aromatic carbocycles. The van der Waals surface area contributed by atoms with Gasteiger partial charge in [-0.2, -0.15) is 0 Å². The van der Waals surface area contributed by atoms with E-state index in [-0.39, 0.29) is 6.04 Å². The van der Waals surface area contributed by atoms with E-state index < -0.39 is 0 Å². The van der Waals surface area contributed by atoms with Gasteiger partial charge in [0.25, 0.3) is 0 Å². The average molecular weight is 200 g/mol. The molecule has 0 atom stereocenters. The SMILES string of the molecule is [C-]#[N+]C1CCN(c2ccccc2C)CC1. The maximum atomic E-state index is 7.02. The summed E-state index contributed by atoms with van der Waals surface area (Å²) < 4.78 is 0. The van der Waals surface area contributed by atoms with Gasteiger partial charge in [0.1, 0.15) is 0 Å². The molecule has 0 amide bonds. The van der Waals surface area contributed by atoms with E-state index in [1.165, 1.54) is 11.3 Å². The lowest BCUT2D eigenvalue weighted by Gasteiger charge is -2.30. The topological polar surface area (TPSA) is 7.60 Å². The molecule has 1 saturated heterocycles. The van der Waals surface area contributed by atoms with Gasteiger partial charge in [0.2, 0.25) is 6.04 Å². The van der Waals surface area contributed by atoms with Gasteiger partial charge >= 0.3 is 0 Å². The average Bonchev–Trinajstić information content (AvgIpc) is 2.30. The summed E-state index contributed by atoms with van der Waals surface area (Å²) in [6.45, 7) is 11.2. The maximum Gasteiger partial charge on any atom is 0.227 e. The molecule has 2 heteroatoms. The van der Waals surface area contributed by atoms with Gasteiger partial charge in [-0.1, -0.05) is 18.2 Å². The van der Waals surface area contributed by atoms with Crippen molar-refractivity contribution in [1.82, 2.24) is 0 Å². The van der Waals surface area contributed by atoms with Crippen molar-refractivity contribution in [3.63, 3.8) is 0 Å². The Morgan fingerprint density at radius 3 is 2.53 bits per heavy atom. The van der Waals surface area contributed by atoms with Gasteiger partial charge in [-0.15, -0.1) is 0 Å². The zero-order valence-electron chi connectivity index (χ0n) is 9.11. The van der Waals surface area contributed by atoms with Crippen LogP contribution in [0, 0.1) is 13.5 Å². The van der Waals surface area contributed by atoms with E-state index in [1.807, 2.05) is 0 Å². The summed E-state index contributed by atoms with van der Waals surface area (Å²) in [6.07, 6.45) is 2.02. The number of hydrogen-bond acceptors (Lipinski definition) is 1. The van der Waals surface area contributed by atoms with Crippen LogP contribution in [-0.4, -0.2) is 19.1 Å². The number of para-hydroxylation sites is 1. The van der Waals surface area contributed by atoms with E-state index in [4.69, 9.17) is 6.57 Å². The molecule has 0 aromatic heterocycles. The molecule has 0 unspecified atom stereocenters. The molecule has 0 N–H and O–H groups in total. The number of rotatable bonds is 1. The minimum Gasteiger partial charge on any atom is -0.371 e. The fourth-order valence-corrected chi connectivity index (χ4v) is 2.15. The summed E-state index contributed by atoms with van der Waals surface area (Å²) in [4.78, 5) is 6.02. The fourth-order valence-electron chi connectivity index (χ4n) is 2.15. The van der Waals surface area contributed by atoms with Crippen molar-refractivity contribution in [1.29, 1.82) is 0 Å². The second-order valence-electron chi connectivity index (χ2n) is 4.13. The van der Waals surface area contributed by atoms with Crippen molar-refractivity contribution in [3.05, 3.63) is 41.2 Å². The molecule has 1 aliphatic rings. The van der Waals surface area contributed by atoms with Crippen molar-refractivity contribution in [2.45, 2.75) is 25.8 Å². The van der Waals surface area contributed by atoms with Crippen LogP contribution >= 0.6 is 0 Å². The van der Waals surface area contributed by atoms with E-state index in [9.17, 15) is 0 Å². The third-order valence-electron chi connectivity index (χ3n) is 3.10. The van der Waals surface area contributed by atoms with Gasteiger partial charge in [-0.05, 0) is 18.6 Å². The molecule has 1 heterocycles. The predicted octanol–water partition coefficient (Wildman–Crippen LogP) is 2.88. The molecule has 0 spiro atoms. The zero-order valence-corrected chi connectivity index (χ0v) is 9.11. The van der Waals surface area contributed by atoms with E-state index in [1.54, 1.807) is 0 Å². The second-order valence-corrected chi connectivity index (χ2v) is 4.13. The van der Waals surface area contributed by atoms with Crippen molar-refractivity contribution in [3.8, 4) is 0 Å². The highest BCUT2D eigenvalue weighted by molar-refractivity contribution is 5.53. The van der Waals surface area contributed by atoms with Crippen molar-refractivity contribution >= 4 is 5.69 Å². The Hall–Kier alpha value is -1.49. The first-order valence-electron chi connectivity index (χ1n) is 5.48. The Morgan fingerprint density at radius 2 is 1.93 bits per heavy atom. The third kappa shape index (κ3) is 2.12. The van der Waals surface area contributed by atoms with Crippen LogP contribution in [0.4, 0.5) is 5.69 Å². The normalized spacial score (nSPS) is 17.5. The number of piperidine rings is 1. The Labute approximate surface area is 91.3 Å². The first-order chi connectivity index (χ1) is 7.31. The Bertz CT molecular complexity index is 370. The molecule has 2 nitrogen and oxygen atoms in total. The van der Waals surface area contributed by atoms with Crippen LogP contribution in [0.5, 0.6) is 0 Å². The quantitative estimate of drug-likeness (QED) is 0.632. The van der Waals surface area contributed by atoms with Gasteiger partial charge < -0.3 is 9.74 Å². The number of hydrogen-bond donors (Lipinski definition) is 0. The second kappa shape index (κ2) is 4.35. The van der Waals surface area contributed by atoms with Gasteiger partial charge in [-0.25, -0.2) is 6.57 Å². The van der Waals surface area contributed by atoms with E-state index in [2.05, 4.69) is 40.9 Å². The number of benzene rings is 1. The van der Waals surface area contributed by atoms with Crippen LogP contribution in [0.1, 0.15) is 18.4 Å². The summed E-state index contributed by atoms with van der Waals surface area (Å²) in [5, 5.41) is 0. The Kier molecular flexibility index (Phi) is 2.91. The van der Waals surface area contributed by atoms with Crippen molar-refractivity contribution in [2.75, 3.05) is 18.0 Å². The summed E-state index contributed by atoms with van der Waals surface area (Å²) in [7, 11) is 0. The molecule has 0 radical (unpaired) electrons. The van der Waals surface area contributed by atoms with Gasteiger partial charge in [-0.3, -0.25) is 0 Å². The molecular formula is C13H16N2. The minimum atomic E-state index is 0.255. The third-order valence-corrected chi connectivity index (χ3v) is 3.10. The monoisotopic (exact) mass is 200 g/mol. The van der Waals surface area contributed by atoms with Crippen LogP contribution in [0.3, 0.4) is 0 Å². The minimum absolute atomic E-state index is 0.255. The smallest absolute Gasteiger partial charge is 0.227 e. The summed E-state index contributed by atoms with van der Waals surface area (Å²) in [6, 6.07) is 8.74. The van der Waals surface area contributed by atoms with Gasteiger partial charge in [0, 0.05) is 31.6 Å². The fraction of sp³-hybridized carbons (Fsp3) is 0.462. The van der Waals surface area contributed by atoms with Gasteiger partial charge in [0.05, 0.1) is 0 Å². The first kappa shape index (κ1) is 10.0. The van der Waals surface area contributed by atoms with Crippen LogP contribution in [0.25, 0.3) is 4.85 Å². The highest BCUT2D eigenvalue weighted by Gasteiger charge is 2.22. The molecule has 2 rings (SSSR count). The summed E-state index contributed by atoms with van der Waals surface area (Å²) in [5.74, 6) is 0. The molecule has 0 aliphatic carbocycles. The predicted molar refractivity (Wildman–Crippen MR) is 63.0 cm³/mol. The lowest BCUT2D eigenvalue weighted by molar-refractivity contribution is 0.548. The van der Waals surface area contributed by atoms with Gasteiger partial charge in [0.15, 0.2) is 0 Å². The lowest BCUT2D eigenvalue weighted by atomic mass is 10.0. The molecule has 1 aliphatic heterocycles. The highest BCUT2D eigenvalue weighted by Crippen LogP contribution is 2.24. The van der Waals surface area contributed by atoms with E-state index >= 15 is 0 Å². The lowest BCUT2D eigenvalue weighted by Crippen LogP contribution is -2.35. The zero-order chi connectivity index (χ0) is 10.7. The van der Waals surface area contributed by atoms with E-state index in [0.29, 0.717) is 0 Å². The Balaban J connectivity index is 2.08. The number of aryl methyl sites for hydroxylation is 1. The molecule has 15 heavy (non-hydrogen) atoms. The summed E-state index contributed by atoms with van der Waals surface area (Å²) >= 11 is 0. The number of anilines is 1. The molecule has 1 fully saturated rings.